The number of pyridine rings is 1. The van der Waals surface area contributed by atoms with Crippen LogP contribution in [0.1, 0.15) is 16.1 Å². The third-order valence-electron chi connectivity index (χ3n) is 1.42. The van der Waals surface area contributed by atoms with E-state index < -0.39 is 11.5 Å². The van der Waals surface area contributed by atoms with E-state index in [1.165, 1.54) is 6.92 Å². The van der Waals surface area contributed by atoms with E-state index in [2.05, 4.69) is 4.98 Å². The first kappa shape index (κ1) is 8.80. The van der Waals surface area contributed by atoms with E-state index >= 15 is 0 Å². The predicted molar refractivity (Wildman–Crippen MR) is 43.8 cm³/mol. The largest absolute Gasteiger partial charge is 0.478 e. The van der Waals surface area contributed by atoms with Crippen molar-refractivity contribution in [3.63, 3.8) is 0 Å². The Balaban J connectivity index is 3.43. The molecule has 0 aliphatic rings. The number of halogens is 1. The summed E-state index contributed by atoms with van der Waals surface area (Å²) in [6.45, 7) is 1.50. The van der Waals surface area contributed by atoms with Crippen molar-refractivity contribution < 1.29 is 9.90 Å². The molecule has 0 radical (unpaired) electrons. The average molecular weight is 188 g/mol. The zero-order valence-electron chi connectivity index (χ0n) is 6.22. The molecule has 0 atom stereocenters. The second kappa shape index (κ2) is 2.98. The maximum atomic E-state index is 10.8. The fraction of sp³-hybridized carbons (Fsp3) is 0.143. The summed E-state index contributed by atoms with van der Waals surface area (Å²) in [6, 6.07) is 1.14. The second-order valence-electron chi connectivity index (χ2n) is 2.29. The van der Waals surface area contributed by atoms with Crippen LogP contribution in [-0.2, 0) is 0 Å². The fourth-order valence-corrected chi connectivity index (χ4v) is 0.976. The van der Waals surface area contributed by atoms with Crippen molar-refractivity contribution in [1.82, 2.24) is 4.98 Å². The molecule has 64 valence electrons. The minimum Gasteiger partial charge on any atom is -0.478 e. The van der Waals surface area contributed by atoms with E-state index in [1.807, 2.05) is 0 Å². The third kappa shape index (κ3) is 1.48. The van der Waals surface area contributed by atoms with Crippen LogP contribution in [0.4, 0.5) is 0 Å². The molecule has 0 aromatic carbocycles. The Morgan fingerprint density at radius 1 is 1.67 bits per heavy atom. The summed E-state index contributed by atoms with van der Waals surface area (Å²) < 4.78 is 0. The maximum absolute atomic E-state index is 10.8. The van der Waals surface area contributed by atoms with Gasteiger partial charge in [0.15, 0.2) is 0 Å². The molecular formula is C7H6ClNO3. The number of hydrogen-bond donors (Lipinski definition) is 2. The number of rotatable bonds is 1. The van der Waals surface area contributed by atoms with Crippen molar-refractivity contribution in [3.05, 3.63) is 32.7 Å². The molecular weight excluding hydrogens is 182 g/mol. The number of aromatic nitrogens is 1. The molecule has 1 heterocycles. The molecule has 5 heteroatoms. The summed E-state index contributed by atoms with van der Waals surface area (Å²) in [5.74, 6) is -1.11. The normalized spacial score (nSPS) is 9.83. The van der Waals surface area contributed by atoms with Crippen LogP contribution in [0.3, 0.4) is 0 Å². The van der Waals surface area contributed by atoms with Crippen LogP contribution >= 0.6 is 11.6 Å². The third-order valence-corrected chi connectivity index (χ3v) is 1.70. The van der Waals surface area contributed by atoms with Gasteiger partial charge in [0.1, 0.15) is 5.02 Å². The van der Waals surface area contributed by atoms with Crippen LogP contribution in [0, 0.1) is 6.92 Å². The SMILES string of the molecule is Cc1[nH]c(=O)c(Cl)cc1C(=O)O. The number of carbonyl (C=O) groups is 1. The molecule has 0 aliphatic carbocycles. The molecule has 0 unspecified atom stereocenters. The summed E-state index contributed by atoms with van der Waals surface area (Å²) in [6.07, 6.45) is 0. The van der Waals surface area contributed by atoms with Crippen LogP contribution in [0.15, 0.2) is 10.9 Å². The molecule has 12 heavy (non-hydrogen) atoms. The van der Waals surface area contributed by atoms with Gasteiger partial charge in [0.05, 0.1) is 5.56 Å². The molecule has 0 fully saturated rings. The van der Waals surface area contributed by atoms with Crippen LogP contribution in [0.2, 0.25) is 5.02 Å². The Labute approximate surface area is 72.8 Å². The lowest BCUT2D eigenvalue weighted by Gasteiger charge is -1.99. The summed E-state index contributed by atoms with van der Waals surface area (Å²) in [4.78, 5) is 23.7. The highest BCUT2D eigenvalue weighted by atomic mass is 35.5. The molecule has 1 aromatic heterocycles. The molecule has 4 nitrogen and oxygen atoms in total. The Hall–Kier alpha value is -1.29. The first-order chi connectivity index (χ1) is 5.52. The van der Waals surface area contributed by atoms with Crippen molar-refractivity contribution in [2.24, 2.45) is 0 Å². The smallest absolute Gasteiger partial charge is 0.337 e. The molecule has 0 bridgehead atoms. The lowest BCUT2D eigenvalue weighted by atomic mass is 10.2. The summed E-state index contributed by atoms with van der Waals surface area (Å²) >= 11 is 5.42. The molecule has 2 N–H and O–H groups in total. The number of aryl methyl sites for hydroxylation is 1. The number of aromatic carboxylic acids is 1. The standard InChI is InChI=1S/C7H6ClNO3/c1-3-4(7(11)12)2-5(8)6(10)9-3/h2H,1H3,(H,9,10)(H,11,12). The Kier molecular flexibility index (Phi) is 2.19. The molecule has 0 amide bonds. The van der Waals surface area contributed by atoms with Crippen LogP contribution in [0.25, 0.3) is 0 Å². The van der Waals surface area contributed by atoms with Gasteiger partial charge in [0, 0.05) is 5.69 Å². The van der Waals surface area contributed by atoms with Gasteiger partial charge >= 0.3 is 5.97 Å². The molecule has 1 rings (SSSR count). The van der Waals surface area contributed by atoms with Crippen molar-refractivity contribution in [3.8, 4) is 0 Å². The maximum Gasteiger partial charge on any atom is 0.337 e. The highest BCUT2D eigenvalue weighted by Crippen LogP contribution is 2.07. The van der Waals surface area contributed by atoms with E-state index in [0.29, 0.717) is 5.69 Å². The highest BCUT2D eigenvalue weighted by molar-refractivity contribution is 6.30. The van der Waals surface area contributed by atoms with Gasteiger partial charge < -0.3 is 10.1 Å². The van der Waals surface area contributed by atoms with Crippen molar-refractivity contribution in [1.29, 1.82) is 0 Å². The number of aromatic amines is 1. The van der Waals surface area contributed by atoms with Gasteiger partial charge in [-0.2, -0.15) is 0 Å². The minimum absolute atomic E-state index is 0.0135. The first-order valence-corrected chi connectivity index (χ1v) is 3.53. The number of carboxylic acid groups (broad SMARTS) is 1. The van der Waals surface area contributed by atoms with E-state index in [0.717, 1.165) is 6.07 Å². The number of carboxylic acids is 1. The van der Waals surface area contributed by atoms with Crippen LogP contribution in [-0.4, -0.2) is 16.1 Å². The highest BCUT2D eigenvalue weighted by Gasteiger charge is 2.09. The van der Waals surface area contributed by atoms with Crippen LogP contribution in [0.5, 0.6) is 0 Å². The van der Waals surface area contributed by atoms with Crippen molar-refractivity contribution >= 4 is 17.6 Å². The summed E-state index contributed by atoms with van der Waals surface area (Å²) in [7, 11) is 0. The lowest BCUT2D eigenvalue weighted by Crippen LogP contribution is -2.12. The number of H-pyrrole nitrogens is 1. The van der Waals surface area contributed by atoms with E-state index in [4.69, 9.17) is 16.7 Å². The van der Waals surface area contributed by atoms with Gasteiger partial charge in [0.25, 0.3) is 5.56 Å². The second-order valence-corrected chi connectivity index (χ2v) is 2.70. The van der Waals surface area contributed by atoms with Crippen LogP contribution < -0.4 is 5.56 Å². The monoisotopic (exact) mass is 187 g/mol. The van der Waals surface area contributed by atoms with Gasteiger partial charge in [-0.05, 0) is 13.0 Å². The number of nitrogens with one attached hydrogen (secondary N) is 1. The van der Waals surface area contributed by atoms with Gasteiger partial charge in [-0.15, -0.1) is 0 Å². The van der Waals surface area contributed by atoms with Gasteiger partial charge in [-0.1, -0.05) is 11.6 Å². The van der Waals surface area contributed by atoms with E-state index in [9.17, 15) is 9.59 Å². The zero-order valence-corrected chi connectivity index (χ0v) is 6.97. The van der Waals surface area contributed by atoms with Gasteiger partial charge in [0.2, 0.25) is 0 Å². The van der Waals surface area contributed by atoms with Gasteiger partial charge in [-0.25, -0.2) is 4.79 Å². The minimum atomic E-state index is -1.11. The van der Waals surface area contributed by atoms with E-state index in [1.54, 1.807) is 0 Å². The summed E-state index contributed by atoms with van der Waals surface area (Å²) in [5.41, 5.74) is -0.157. The quantitative estimate of drug-likeness (QED) is 0.690. The molecule has 1 aromatic rings. The number of hydrogen-bond acceptors (Lipinski definition) is 2. The Morgan fingerprint density at radius 3 is 2.75 bits per heavy atom. The summed E-state index contributed by atoms with van der Waals surface area (Å²) in [5, 5.41) is 8.49. The topological polar surface area (TPSA) is 70.2 Å². The molecule has 0 saturated carbocycles. The molecule has 0 spiro atoms. The predicted octanol–water partition coefficient (Wildman–Crippen LogP) is 1.03. The fourth-order valence-electron chi connectivity index (χ4n) is 0.820. The van der Waals surface area contributed by atoms with Crippen molar-refractivity contribution in [2.45, 2.75) is 6.92 Å². The molecule has 0 aliphatic heterocycles. The van der Waals surface area contributed by atoms with Crippen molar-refractivity contribution in [2.75, 3.05) is 0 Å². The zero-order chi connectivity index (χ0) is 9.30. The van der Waals surface area contributed by atoms with E-state index in [-0.39, 0.29) is 10.6 Å². The molecule has 0 saturated heterocycles. The Bertz CT molecular complexity index is 383. The Morgan fingerprint density at radius 2 is 2.25 bits per heavy atom. The first-order valence-electron chi connectivity index (χ1n) is 3.15. The van der Waals surface area contributed by atoms with Gasteiger partial charge in [-0.3, -0.25) is 4.79 Å². The average Bonchev–Trinajstić information content (AvgIpc) is 1.96. The lowest BCUT2D eigenvalue weighted by molar-refractivity contribution is 0.0695.